The van der Waals surface area contributed by atoms with Crippen molar-refractivity contribution in [1.29, 1.82) is 0 Å². The van der Waals surface area contributed by atoms with Crippen molar-refractivity contribution in [1.82, 2.24) is 20.9 Å². The Kier molecular flexibility index (Phi) is 15.9. The van der Waals surface area contributed by atoms with Crippen LogP contribution in [0.2, 0.25) is 10.0 Å². The Morgan fingerprint density at radius 1 is 0.917 bits per heavy atom. The van der Waals surface area contributed by atoms with Crippen molar-refractivity contribution < 1.29 is 42.9 Å². The van der Waals surface area contributed by atoms with E-state index in [9.17, 15) is 24.0 Å². The van der Waals surface area contributed by atoms with Crippen LogP contribution in [0, 0.1) is 5.92 Å². The van der Waals surface area contributed by atoms with Gasteiger partial charge in [0.15, 0.2) is 12.4 Å². The van der Waals surface area contributed by atoms with Gasteiger partial charge in [-0.05, 0) is 37.0 Å². The Balaban J connectivity index is 1.45. The monoisotopic (exact) mass is 708 g/mol. The number of ketones is 1. The molecule has 48 heavy (non-hydrogen) atoms. The van der Waals surface area contributed by atoms with Crippen LogP contribution in [-0.2, 0) is 35.2 Å². The number of carbonyl (C=O) groups is 5. The van der Waals surface area contributed by atoms with Crippen molar-refractivity contribution in [2.45, 2.75) is 45.9 Å². The maximum Gasteiger partial charge on any atom is 0.408 e. The van der Waals surface area contributed by atoms with E-state index in [1.54, 1.807) is 18.2 Å². The molecule has 1 unspecified atom stereocenters. The van der Waals surface area contributed by atoms with Crippen LogP contribution in [0.5, 0.6) is 5.75 Å². The summed E-state index contributed by atoms with van der Waals surface area (Å²) in [5.74, 6) is -2.54. The summed E-state index contributed by atoms with van der Waals surface area (Å²) in [6, 6.07) is 10.0. The number of carbonyl (C=O) groups excluding carboxylic acids is 5. The Bertz CT molecular complexity index is 1400. The molecule has 262 valence electrons. The molecule has 0 aromatic heterocycles. The largest absolute Gasteiger partial charge is 0.491 e. The van der Waals surface area contributed by atoms with Crippen LogP contribution in [0.3, 0.4) is 0 Å². The standard InChI is InChI=1S/C33H42Cl2N4O9/c1-21(2)17-26(38-30(41)22(3)37-33(44)48-19-23-7-5-4-6-8-23)31(42)36-18-24(40)20-47-32(43)28-25(34)9-10-27(29(28)35)46-16-13-39-11-14-45-15-12-39/h4-10,21-22,26H,11-20H2,1-3H3,(H,36,42)(H,37,44)(H,38,41)/t22-,26?/m1/s1. The number of rotatable bonds is 17. The highest BCUT2D eigenvalue weighted by atomic mass is 35.5. The summed E-state index contributed by atoms with van der Waals surface area (Å²) in [4.78, 5) is 65.4. The summed E-state index contributed by atoms with van der Waals surface area (Å²) in [5, 5.41) is 7.48. The topological polar surface area (TPSA) is 162 Å². The lowest BCUT2D eigenvalue weighted by Gasteiger charge is -2.26. The number of alkyl carbamates (subject to hydrolysis) is 1. The molecule has 1 aliphatic rings. The smallest absolute Gasteiger partial charge is 0.408 e. The molecule has 1 aliphatic heterocycles. The Morgan fingerprint density at radius 2 is 1.62 bits per heavy atom. The third-order valence-corrected chi connectivity index (χ3v) is 7.82. The summed E-state index contributed by atoms with van der Waals surface area (Å²) < 4.78 is 21.4. The normalized spacial score (nSPS) is 14.4. The second-order valence-corrected chi connectivity index (χ2v) is 12.3. The van der Waals surface area contributed by atoms with Crippen LogP contribution < -0.4 is 20.7 Å². The fourth-order valence-electron chi connectivity index (χ4n) is 4.53. The van der Waals surface area contributed by atoms with Gasteiger partial charge in [0.2, 0.25) is 11.8 Å². The third-order valence-electron chi connectivity index (χ3n) is 7.13. The van der Waals surface area contributed by atoms with Crippen molar-refractivity contribution >= 4 is 52.9 Å². The van der Waals surface area contributed by atoms with Crippen molar-refractivity contribution in [2.24, 2.45) is 5.92 Å². The molecule has 2 aromatic carbocycles. The average Bonchev–Trinajstić information content (AvgIpc) is 3.06. The van der Waals surface area contributed by atoms with E-state index >= 15 is 0 Å². The van der Waals surface area contributed by atoms with Gasteiger partial charge >= 0.3 is 12.1 Å². The Hall–Kier alpha value is -3.91. The molecule has 0 saturated carbocycles. The molecule has 3 amide bonds. The number of ether oxygens (including phenoxy) is 4. The first-order valence-corrected chi connectivity index (χ1v) is 16.3. The van der Waals surface area contributed by atoms with Crippen LogP contribution >= 0.6 is 23.2 Å². The maximum absolute atomic E-state index is 12.9. The fraction of sp³-hybridized carbons (Fsp3) is 0.485. The number of nitrogens with one attached hydrogen (secondary N) is 3. The first kappa shape index (κ1) is 38.5. The number of Topliss-reactive ketones (excluding diaryl/α,β-unsaturated/α-hetero) is 1. The van der Waals surface area contributed by atoms with E-state index in [0.29, 0.717) is 26.4 Å². The van der Waals surface area contributed by atoms with Gasteiger partial charge in [-0.3, -0.25) is 19.3 Å². The van der Waals surface area contributed by atoms with Gasteiger partial charge in [-0.1, -0.05) is 67.4 Å². The van der Waals surface area contributed by atoms with Crippen LogP contribution in [0.1, 0.15) is 43.1 Å². The van der Waals surface area contributed by atoms with Crippen LogP contribution in [-0.4, -0.2) is 99.3 Å². The molecule has 1 saturated heterocycles. The molecule has 2 aromatic rings. The maximum atomic E-state index is 12.9. The van der Waals surface area contributed by atoms with E-state index in [4.69, 9.17) is 42.1 Å². The molecule has 3 N–H and O–H groups in total. The summed E-state index contributed by atoms with van der Waals surface area (Å²) in [6.45, 7) is 7.93. The van der Waals surface area contributed by atoms with Gasteiger partial charge in [0.05, 0.1) is 29.8 Å². The highest BCUT2D eigenvalue weighted by Gasteiger charge is 2.26. The van der Waals surface area contributed by atoms with Crippen LogP contribution in [0.4, 0.5) is 4.79 Å². The van der Waals surface area contributed by atoms with E-state index in [1.807, 2.05) is 32.0 Å². The zero-order valence-electron chi connectivity index (χ0n) is 27.2. The van der Waals surface area contributed by atoms with Gasteiger partial charge in [0.25, 0.3) is 0 Å². The molecule has 1 fully saturated rings. The van der Waals surface area contributed by atoms with Crippen molar-refractivity contribution in [2.75, 3.05) is 52.6 Å². The molecular formula is C33H42Cl2N4O9. The molecule has 2 atom stereocenters. The highest BCUT2D eigenvalue weighted by Crippen LogP contribution is 2.34. The SMILES string of the molecule is CC(C)CC(NC(=O)[C@@H](C)NC(=O)OCc1ccccc1)C(=O)NCC(=O)COC(=O)c1c(Cl)ccc(OCCN2CCOCC2)c1Cl. The van der Waals surface area contributed by atoms with E-state index < -0.39 is 54.9 Å². The number of esters is 1. The van der Waals surface area contributed by atoms with Gasteiger partial charge in [0.1, 0.15) is 36.6 Å². The van der Waals surface area contributed by atoms with Gasteiger partial charge in [-0.25, -0.2) is 9.59 Å². The minimum atomic E-state index is -1.01. The summed E-state index contributed by atoms with van der Waals surface area (Å²) in [5.41, 5.74) is 0.634. The van der Waals surface area contributed by atoms with Crippen molar-refractivity contribution in [3.05, 3.63) is 63.6 Å². The Labute approximate surface area is 289 Å². The molecular weight excluding hydrogens is 667 g/mol. The summed E-state index contributed by atoms with van der Waals surface area (Å²) in [7, 11) is 0. The fourth-order valence-corrected chi connectivity index (χ4v) is 5.11. The Morgan fingerprint density at radius 3 is 2.31 bits per heavy atom. The van der Waals surface area contributed by atoms with E-state index in [1.165, 1.54) is 13.0 Å². The van der Waals surface area contributed by atoms with E-state index in [2.05, 4.69) is 20.9 Å². The first-order chi connectivity index (χ1) is 22.9. The summed E-state index contributed by atoms with van der Waals surface area (Å²) in [6.07, 6.45) is -0.537. The molecule has 0 aliphatic carbocycles. The second kappa shape index (κ2) is 19.8. The van der Waals surface area contributed by atoms with Crippen molar-refractivity contribution in [3.63, 3.8) is 0 Å². The molecule has 0 bridgehead atoms. The summed E-state index contributed by atoms with van der Waals surface area (Å²) >= 11 is 12.6. The molecule has 3 rings (SSSR count). The number of amides is 3. The van der Waals surface area contributed by atoms with Gasteiger partial charge < -0.3 is 34.9 Å². The third kappa shape index (κ3) is 12.9. The quantitative estimate of drug-likeness (QED) is 0.208. The van der Waals surface area contributed by atoms with Gasteiger partial charge in [-0.2, -0.15) is 0 Å². The van der Waals surface area contributed by atoms with E-state index in [-0.39, 0.29) is 40.3 Å². The highest BCUT2D eigenvalue weighted by molar-refractivity contribution is 6.40. The van der Waals surface area contributed by atoms with E-state index in [0.717, 1.165) is 18.7 Å². The predicted molar refractivity (Wildman–Crippen MR) is 178 cm³/mol. The lowest BCUT2D eigenvalue weighted by molar-refractivity contribution is -0.131. The minimum absolute atomic E-state index is 0.00502. The molecule has 13 nitrogen and oxygen atoms in total. The number of nitrogens with zero attached hydrogens (tertiary/aromatic N) is 1. The number of morpholine rings is 1. The average molecular weight is 710 g/mol. The minimum Gasteiger partial charge on any atom is -0.491 e. The van der Waals surface area contributed by atoms with Gasteiger partial charge in [0, 0.05) is 19.6 Å². The zero-order valence-corrected chi connectivity index (χ0v) is 28.7. The number of hydrogen-bond donors (Lipinski definition) is 3. The van der Waals surface area contributed by atoms with Crippen LogP contribution in [0.25, 0.3) is 0 Å². The van der Waals surface area contributed by atoms with Crippen LogP contribution in [0.15, 0.2) is 42.5 Å². The molecule has 1 heterocycles. The second-order valence-electron chi connectivity index (χ2n) is 11.5. The first-order valence-electron chi connectivity index (χ1n) is 15.6. The number of halogens is 2. The molecule has 0 radical (unpaired) electrons. The zero-order chi connectivity index (χ0) is 35.1. The van der Waals surface area contributed by atoms with Crippen molar-refractivity contribution in [3.8, 4) is 5.75 Å². The lowest BCUT2D eigenvalue weighted by atomic mass is 10.0. The lowest BCUT2D eigenvalue weighted by Crippen LogP contribution is -2.53. The molecule has 15 heteroatoms. The number of benzene rings is 2. The number of hydrogen-bond acceptors (Lipinski definition) is 10. The predicted octanol–water partition coefficient (Wildman–Crippen LogP) is 3.39. The molecule has 0 spiro atoms. The van der Waals surface area contributed by atoms with Gasteiger partial charge in [-0.15, -0.1) is 0 Å².